The molecule has 1 fully saturated rings. The number of alkyl halides is 1. The molecule has 0 spiro atoms. The summed E-state index contributed by atoms with van der Waals surface area (Å²) in [4.78, 5) is 22.3. The van der Waals surface area contributed by atoms with Crippen LogP contribution in [0.2, 0.25) is 0 Å². The van der Waals surface area contributed by atoms with Crippen molar-refractivity contribution in [2.24, 2.45) is 5.92 Å². The summed E-state index contributed by atoms with van der Waals surface area (Å²) in [6.45, 7) is 5.18. The predicted octanol–water partition coefficient (Wildman–Crippen LogP) is 1.65. The van der Waals surface area contributed by atoms with Gasteiger partial charge in [0, 0.05) is 0 Å². The van der Waals surface area contributed by atoms with Crippen molar-refractivity contribution in [1.82, 2.24) is 0 Å². The van der Waals surface area contributed by atoms with Crippen molar-refractivity contribution in [2.45, 2.75) is 45.4 Å². The number of carbonyl (C=O) groups is 2. The number of Topliss-reactive ketones (excluding diaryl/α,β-unsaturated/α-hetero) is 1. The Bertz CT molecular complexity index is 255. The summed E-state index contributed by atoms with van der Waals surface area (Å²) in [6, 6.07) is 0. The van der Waals surface area contributed by atoms with E-state index in [0.717, 1.165) is 0 Å². The van der Waals surface area contributed by atoms with E-state index in [4.69, 9.17) is 4.74 Å². The van der Waals surface area contributed by atoms with Crippen LogP contribution in [-0.2, 0) is 14.3 Å². The van der Waals surface area contributed by atoms with Crippen molar-refractivity contribution in [3.05, 3.63) is 0 Å². The standard InChI is InChI=1S/C10H15FO3/c1-10(2,3)14-9(13)5-8(12)6-4-7(6)11/h6-7H,4-5H2,1-3H3/t6-,7-/m0/s1. The summed E-state index contributed by atoms with van der Waals surface area (Å²) in [5.74, 6) is -1.46. The third-order valence-electron chi connectivity index (χ3n) is 1.86. The van der Waals surface area contributed by atoms with Gasteiger partial charge in [-0.1, -0.05) is 0 Å². The van der Waals surface area contributed by atoms with Gasteiger partial charge in [0.1, 0.15) is 24.0 Å². The lowest BCUT2D eigenvalue weighted by Crippen LogP contribution is -2.25. The smallest absolute Gasteiger partial charge is 0.313 e. The Morgan fingerprint density at radius 2 is 1.93 bits per heavy atom. The van der Waals surface area contributed by atoms with Crippen molar-refractivity contribution < 1.29 is 18.7 Å². The summed E-state index contributed by atoms with van der Waals surface area (Å²) >= 11 is 0. The molecule has 80 valence electrons. The van der Waals surface area contributed by atoms with Crippen molar-refractivity contribution in [3.63, 3.8) is 0 Å². The highest BCUT2D eigenvalue weighted by Gasteiger charge is 2.44. The van der Waals surface area contributed by atoms with Crippen molar-refractivity contribution >= 4 is 11.8 Å². The highest BCUT2D eigenvalue weighted by atomic mass is 19.1. The number of hydrogen-bond acceptors (Lipinski definition) is 3. The number of esters is 1. The van der Waals surface area contributed by atoms with Crippen molar-refractivity contribution in [1.29, 1.82) is 0 Å². The van der Waals surface area contributed by atoms with Gasteiger partial charge >= 0.3 is 5.97 Å². The van der Waals surface area contributed by atoms with E-state index in [1.807, 2.05) is 0 Å². The molecule has 0 saturated heterocycles. The fraction of sp³-hybridized carbons (Fsp3) is 0.800. The minimum Gasteiger partial charge on any atom is -0.460 e. The topological polar surface area (TPSA) is 43.4 Å². The molecule has 0 heterocycles. The normalized spacial score (nSPS) is 25.7. The third-order valence-corrected chi connectivity index (χ3v) is 1.86. The predicted molar refractivity (Wildman–Crippen MR) is 48.5 cm³/mol. The molecule has 0 unspecified atom stereocenters. The first-order chi connectivity index (χ1) is 6.29. The second kappa shape index (κ2) is 3.67. The Morgan fingerprint density at radius 1 is 1.43 bits per heavy atom. The van der Waals surface area contributed by atoms with E-state index in [-0.39, 0.29) is 18.6 Å². The monoisotopic (exact) mass is 202 g/mol. The van der Waals surface area contributed by atoms with Crippen LogP contribution in [0.15, 0.2) is 0 Å². The first-order valence-corrected chi connectivity index (χ1v) is 4.68. The van der Waals surface area contributed by atoms with E-state index >= 15 is 0 Å². The first-order valence-electron chi connectivity index (χ1n) is 4.68. The third kappa shape index (κ3) is 3.44. The Labute approximate surface area is 82.6 Å². The zero-order valence-corrected chi connectivity index (χ0v) is 8.67. The van der Waals surface area contributed by atoms with Crippen LogP contribution in [0, 0.1) is 5.92 Å². The minimum atomic E-state index is -1.04. The van der Waals surface area contributed by atoms with Crippen LogP contribution < -0.4 is 0 Å². The summed E-state index contributed by atoms with van der Waals surface area (Å²) < 4.78 is 17.4. The van der Waals surface area contributed by atoms with E-state index in [9.17, 15) is 14.0 Å². The van der Waals surface area contributed by atoms with Crippen LogP contribution in [0.25, 0.3) is 0 Å². The molecular formula is C10H15FO3. The van der Waals surface area contributed by atoms with E-state index < -0.39 is 23.7 Å². The second-order valence-electron chi connectivity index (χ2n) is 4.59. The molecule has 0 aromatic rings. The van der Waals surface area contributed by atoms with Crippen molar-refractivity contribution in [3.8, 4) is 0 Å². The van der Waals surface area contributed by atoms with Crippen molar-refractivity contribution in [2.75, 3.05) is 0 Å². The molecule has 1 saturated carbocycles. The molecule has 0 aromatic heterocycles. The molecule has 0 aromatic carbocycles. The molecule has 1 aliphatic carbocycles. The number of hydrogen-bond donors (Lipinski definition) is 0. The highest BCUT2D eigenvalue weighted by molar-refractivity contribution is 5.98. The lowest BCUT2D eigenvalue weighted by Gasteiger charge is -2.19. The SMILES string of the molecule is CC(C)(C)OC(=O)CC(=O)[C@H]1C[C@@H]1F. The number of ether oxygens (including phenoxy) is 1. The molecule has 0 amide bonds. The Hall–Kier alpha value is -0.930. The van der Waals surface area contributed by atoms with Crippen LogP contribution in [-0.4, -0.2) is 23.5 Å². The molecule has 14 heavy (non-hydrogen) atoms. The quantitative estimate of drug-likeness (QED) is 0.516. The van der Waals surface area contributed by atoms with Crippen LogP contribution in [0.4, 0.5) is 4.39 Å². The average molecular weight is 202 g/mol. The fourth-order valence-corrected chi connectivity index (χ4v) is 1.15. The first kappa shape index (κ1) is 11.1. The molecular weight excluding hydrogens is 187 g/mol. The molecule has 1 aliphatic rings. The van der Waals surface area contributed by atoms with Gasteiger partial charge in [-0.25, -0.2) is 4.39 Å². The Balaban J connectivity index is 2.31. The Morgan fingerprint density at radius 3 is 2.29 bits per heavy atom. The molecule has 0 radical (unpaired) electrons. The van der Waals surface area contributed by atoms with Gasteiger partial charge in [0.15, 0.2) is 0 Å². The maximum absolute atomic E-state index is 12.4. The Kier molecular flexibility index (Phi) is 2.92. The van der Waals surface area contributed by atoms with Gasteiger partial charge in [-0.15, -0.1) is 0 Å². The molecule has 2 atom stereocenters. The lowest BCUT2D eigenvalue weighted by atomic mass is 10.1. The lowest BCUT2D eigenvalue weighted by molar-refractivity contribution is -0.156. The summed E-state index contributed by atoms with van der Waals surface area (Å²) in [5, 5.41) is 0. The van der Waals surface area contributed by atoms with E-state index in [0.29, 0.717) is 0 Å². The van der Waals surface area contributed by atoms with Gasteiger partial charge in [-0.2, -0.15) is 0 Å². The fourth-order valence-electron chi connectivity index (χ4n) is 1.15. The number of ketones is 1. The van der Waals surface area contributed by atoms with E-state index in [1.54, 1.807) is 20.8 Å². The van der Waals surface area contributed by atoms with Crippen LogP contribution >= 0.6 is 0 Å². The zero-order valence-electron chi connectivity index (χ0n) is 8.67. The maximum Gasteiger partial charge on any atom is 0.313 e. The largest absolute Gasteiger partial charge is 0.460 e. The van der Waals surface area contributed by atoms with E-state index in [2.05, 4.69) is 0 Å². The minimum absolute atomic E-state index is 0.266. The number of halogens is 1. The molecule has 0 N–H and O–H groups in total. The van der Waals surface area contributed by atoms with Gasteiger partial charge in [-0.3, -0.25) is 9.59 Å². The zero-order chi connectivity index (χ0) is 10.9. The summed E-state index contributed by atoms with van der Waals surface area (Å²) in [7, 11) is 0. The van der Waals surface area contributed by atoms with Gasteiger partial charge in [0.05, 0.1) is 5.92 Å². The molecule has 1 rings (SSSR count). The average Bonchev–Trinajstić information content (AvgIpc) is 2.61. The maximum atomic E-state index is 12.4. The van der Waals surface area contributed by atoms with Gasteiger partial charge < -0.3 is 4.74 Å². The van der Waals surface area contributed by atoms with Crippen LogP contribution in [0.5, 0.6) is 0 Å². The summed E-state index contributed by atoms with van der Waals surface area (Å²) in [6.07, 6.45) is -1.07. The second-order valence-corrected chi connectivity index (χ2v) is 4.59. The number of rotatable bonds is 3. The highest BCUT2D eigenvalue weighted by Crippen LogP contribution is 2.35. The van der Waals surface area contributed by atoms with Gasteiger partial charge in [-0.05, 0) is 27.2 Å². The van der Waals surface area contributed by atoms with Crippen LogP contribution in [0.1, 0.15) is 33.6 Å². The molecule has 3 nitrogen and oxygen atoms in total. The number of carbonyl (C=O) groups excluding carboxylic acids is 2. The van der Waals surface area contributed by atoms with Crippen LogP contribution in [0.3, 0.4) is 0 Å². The summed E-state index contributed by atoms with van der Waals surface area (Å²) in [5.41, 5.74) is -0.587. The molecule has 0 aliphatic heterocycles. The van der Waals surface area contributed by atoms with E-state index in [1.165, 1.54) is 0 Å². The van der Waals surface area contributed by atoms with Gasteiger partial charge in [0.2, 0.25) is 0 Å². The van der Waals surface area contributed by atoms with Gasteiger partial charge in [0.25, 0.3) is 0 Å². The molecule has 0 bridgehead atoms. The molecule has 4 heteroatoms.